The molecule has 38 heavy (non-hydrogen) atoms. The number of benzene rings is 3. The molecule has 0 radical (unpaired) electrons. The summed E-state index contributed by atoms with van der Waals surface area (Å²) in [5.41, 5.74) is 5.24. The number of carbonyl (C=O) groups is 1. The third-order valence-corrected chi connectivity index (χ3v) is 6.89. The van der Waals surface area contributed by atoms with Crippen molar-refractivity contribution in [3.63, 3.8) is 0 Å². The highest BCUT2D eigenvalue weighted by Gasteiger charge is 2.16. The molecule has 3 aromatic carbocycles. The number of aromatic nitrogens is 3. The second-order valence-corrected chi connectivity index (χ2v) is 10.2. The molecule has 4 rings (SSSR count). The number of hydrazone groups is 1. The van der Waals surface area contributed by atoms with E-state index in [1.54, 1.807) is 0 Å². The van der Waals surface area contributed by atoms with Gasteiger partial charge in [-0.05, 0) is 71.5 Å². The van der Waals surface area contributed by atoms with Gasteiger partial charge in [0.05, 0.1) is 23.4 Å². The summed E-state index contributed by atoms with van der Waals surface area (Å²) >= 11 is 3.46. The van der Waals surface area contributed by atoms with Gasteiger partial charge in [0.25, 0.3) is 11.6 Å². The molecule has 0 bridgehead atoms. The normalized spacial score (nSPS) is 11.0. The Morgan fingerprint density at radius 2 is 1.97 bits per heavy atom. The molecule has 0 saturated heterocycles. The Balaban J connectivity index is 1.44. The standard InChI is InChI=1S/C25H22IN7O4S/c1-16-11-18(26)7-9-21(16)27-14-23-29-31-25(32(23)19-5-3-2-4-6-19)38-15-24(35)30-28-13-17-12-20(33(36)37)8-10-22(17)34/h2-13,27,34H,14-15H2,1H3,(H,30,35)/b28-13-. The number of non-ortho nitro benzene ring substituents is 1. The number of para-hydroxylation sites is 1. The topological polar surface area (TPSA) is 148 Å². The van der Waals surface area contributed by atoms with Crippen LogP contribution in [-0.2, 0) is 11.3 Å². The number of aryl methyl sites for hydroxylation is 1. The molecular weight excluding hydrogens is 621 g/mol. The van der Waals surface area contributed by atoms with Gasteiger partial charge in [0.2, 0.25) is 0 Å². The molecule has 0 aliphatic carbocycles. The largest absolute Gasteiger partial charge is 0.507 e. The van der Waals surface area contributed by atoms with E-state index in [4.69, 9.17) is 0 Å². The van der Waals surface area contributed by atoms with Gasteiger partial charge in [0.1, 0.15) is 5.75 Å². The number of hydrogen-bond donors (Lipinski definition) is 3. The SMILES string of the molecule is Cc1cc(I)ccc1NCc1nnc(SCC(=O)N/N=C\c2cc([N+](=O)[O-])ccc2O)n1-c1ccccc1. The first kappa shape index (κ1) is 27.1. The summed E-state index contributed by atoms with van der Waals surface area (Å²) in [7, 11) is 0. The molecule has 1 aromatic heterocycles. The highest BCUT2D eigenvalue weighted by atomic mass is 127. The summed E-state index contributed by atoms with van der Waals surface area (Å²) in [6.07, 6.45) is 1.15. The van der Waals surface area contributed by atoms with E-state index in [2.05, 4.69) is 54.7 Å². The number of thioether (sulfide) groups is 1. The van der Waals surface area contributed by atoms with Gasteiger partial charge in [0, 0.05) is 32.6 Å². The number of nitro benzene ring substituents is 1. The molecule has 11 nitrogen and oxygen atoms in total. The van der Waals surface area contributed by atoms with E-state index in [1.807, 2.05) is 54.0 Å². The monoisotopic (exact) mass is 643 g/mol. The van der Waals surface area contributed by atoms with Gasteiger partial charge in [-0.2, -0.15) is 5.10 Å². The lowest BCUT2D eigenvalue weighted by atomic mass is 10.2. The van der Waals surface area contributed by atoms with Crippen LogP contribution >= 0.6 is 34.4 Å². The number of amides is 1. The average molecular weight is 643 g/mol. The lowest BCUT2D eigenvalue weighted by Crippen LogP contribution is -2.20. The predicted molar refractivity (Wildman–Crippen MR) is 154 cm³/mol. The fourth-order valence-electron chi connectivity index (χ4n) is 3.44. The van der Waals surface area contributed by atoms with Crippen LogP contribution in [0, 0.1) is 20.6 Å². The van der Waals surface area contributed by atoms with Crippen molar-refractivity contribution in [1.82, 2.24) is 20.2 Å². The number of aromatic hydroxyl groups is 1. The van der Waals surface area contributed by atoms with Gasteiger partial charge in [-0.25, -0.2) is 5.43 Å². The maximum Gasteiger partial charge on any atom is 0.270 e. The minimum absolute atomic E-state index is 0.00706. The highest BCUT2D eigenvalue weighted by molar-refractivity contribution is 14.1. The molecule has 1 amide bonds. The van der Waals surface area contributed by atoms with Crippen LogP contribution in [-0.4, -0.2) is 42.7 Å². The Kier molecular flexibility index (Phi) is 8.91. The Bertz CT molecular complexity index is 1490. The van der Waals surface area contributed by atoms with Crippen LogP contribution in [0.15, 0.2) is 77.0 Å². The number of phenolic OH excluding ortho intramolecular Hbond substituents is 1. The summed E-state index contributed by atoms with van der Waals surface area (Å²) in [5, 5.41) is 37.2. The van der Waals surface area contributed by atoms with E-state index >= 15 is 0 Å². The summed E-state index contributed by atoms with van der Waals surface area (Å²) in [6.45, 7) is 2.46. The quantitative estimate of drug-likeness (QED) is 0.0744. The maximum absolute atomic E-state index is 12.4. The smallest absolute Gasteiger partial charge is 0.270 e. The van der Waals surface area contributed by atoms with Crippen molar-refractivity contribution in [2.24, 2.45) is 5.10 Å². The number of carbonyl (C=O) groups excluding carboxylic acids is 1. The zero-order chi connectivity index (χ0) is 27.1. The highest BCUT2D eigenvalue weighted by Crippen LogP contribution is 2.24. The van der Waals surface area contributed by atoms with E-state index in [9.17, 15) is 20.0 Å². The summed E-state index contributed by atoms with van der Waals surface area (Å²) in [5.74, 6) is 0.0529. The molecule has 0 aliphatic rings. The first-order chi connectivity index (χ1) is 18.3. The zero-order valence-electron chi connectivity index (χ0n) is 20.0. The fourth-order valence-corrected chi connectivity index (χ4v) is 4.85. The molecule has 4 aromatic rings. The van der Waals surface area contributed by atoms with Crippen LogP contribution in [0.1, 0.15) is 17.0 Å². The number of nitrogens with zero attached hydrogens (tertiary/aromatic N) is 5. The third-order valence-electron chi connectivity index (χ3n) is 5.29. The minimum Gasteiger partial charge on any atom is -0.507 e. The van der Waals surface area contributed by atoms with Crippen molar-refractivity contribution in [1.29, 1.82) is 0 Å². The van der Waals surface area contributed by atoms with Crippen molar-refractivity contribution >= 4 is 57.8 Å². The Morgan fingerprint density at radius 1 is 1.18 bits per heavy atom. The number of phenols is 1. The van der Waals surface area contributed by atoms with Gasteiger partial charge in [-0.1, -0.05) is 30.0 Å². The number of nitro groups is 1. The number of anilines is 1. The molecule has 0 spiro atoms. The number of rotatable bonds is 10. The van der Waals surface area contributed by atoms with Crippen molar-refractivity contribution in [3.8, 4) is 11.4 Å². The lowest BCUT2D eigenvalue weighted by molar-refractivity contribution is -0.384. The summed E-state index contributed by atoms with van der Waals surface area (Å²) < 4.78 is 3.04. The molecule has 0 unspecified atom stereocenters. The lowest BCUT2D eigenvalue weighted by Gasteiger charge is -2.12. The van der Waals surface area contributed by atoms with Crippen LogP contribution in [0.4, 0.5) is 11.4 Å². The van der Waals surface area contributed by atoms with Crippen molar-refractivity contribution < 1.29 is 14.8 Å². The second-order valence-electron chi connectivity index (χ2n) is 7.96. The van der Waals surface area contributed by atoms with Crippen LogP contribution in [0.25, 0.3) is 5.69 Å². The molecule has 0 aliphatic heterocycles. The van der Waals surface area contributed by atoms with Crippen LogP contribution in [0.5, 0.6) is 5.75 Å². The number of hydrogen-bond acceptors (Lipinski definition) is 9. The molecule has 0 atom stereocenters. The number of halogens is 1. The van der Waals surface area contributed by atoms with E-state index in [1.165, 1.54) is 23.9 Å². The van der Waals surface area contributed by atoms with Gasteiger partial charge in [-0.15, -0.1) is 10.2 Å². The molecule has 3 N–H and O–H groups in total. The Morgan fingerprint density at radius 3 is 2.71 bits per heavy atom. The Labute approximate surface area is 235 Å². The minimum atomic E-state index is -0.583. The molecular formula is C25H22IN7O4S. The van der Waals surface area contributed by atoms with E-state index in [0.717, 1.165) is 32.8 Å². The summed E-state index contributed by atoms with van der Waals surface area (Å²) in [4.78, 5) is 22.8. The van der Waals surface area contributed by atoms with Crippen molar-refractivity contribution in [2.75, 3.05) is 11.1 Å². The first-order valence-electron chi connectivity index (χ1n) is 11.2. The van der Waals surface area contributed by atoms with Crippen molar-refractivity contribution in [2.45, 2.75) is 18.6 Å². The van der Waals surface area contributed by atoms with Gasteiger partial charge in [-0.3, -0.25) is 19.5 Å². The maximum atomic E-state index is 12.4. The molecule has 1 heterocycles. The van der Waals surface area contributed by atoms with Crippen LogP contribution < -0.4 is 10.7 Å². The van der Waals surface area contributed by atoms with Crippen molar-refractivity contribution in [3.05, 3.63) is 97.4 Å². The van der Waals surface area contributed by atoms with Crippen LogP contribution in [0.2, 0.25) is 0 Å². The van der Waals surface area contributed by atoms with Crippen LogP contribution in [0.3, 0.4) is 0 Å². The second kappa shape index (κ2) is 12.5. The molecule has 0 saturated carbocycles. The van der Waals surface area contributed by atoms with E-state index in [0.29, 0.717) is 17.5 Å². The fraction of sp³-hybridized carbons (Fsp3) is 0.120. The summed E-state index contributed by atoms with van der Waals surface area (Å²) in [6, 6.07) is 19.3. The predicted octanol–water partition coefficient (Wildman–Crippen LogP) is 4.65. The molecule has 194 valence electrons. The van der Waals surface area contributed by atoms with Gasteiger partial charge < -0.3 is 10.4 Å². The van der Waals surface area contributed by atoms with E-state index in [-0.39, 0.29) is 22.8 Å². The molecule has 13 heteroatoms. The average Bonchev–Trinajstić information content (AvgIpc) is 3.31. The zero-order valence-corrected chi connectivity index (χ0v) is 23.0. The third kappa shape index (κ3) is 6.86. The number of nitrogens with one attached hydrogen (secondary N) is 2. The Hall–Kier alpha value is -3.98. The van der Waals surface area contributed by atoms with Gasteiger partial charge in [0.15, 0.2) is 11.0 Å². The van der Waals surface area contributed by atoms with Gasteiger partial charge >= 0.3 is 0 Å². The molecule has 0 fully saturated rings. The van der Waals surface area contributed by atoms with E-state index < -0.39 is 10.8 Å². The first-order valence-corrected chi connectivity index (χ1v) is 13.3.